The number of rotatable bonds is 2. The Hall–Kier alpha value is -1.20. The number of hydrogen-bond donors (Lipinski definition) is 1. The van der Waals surface area contributed by atoms with Crippen molar-refractivity contribution in [3.05, 3.63) is 23.1 Å². The summed E-state index contributed by atoms with van der Waals surface area (Å²) in [6.45, 7) is 2.53. The molecule has 0 aliphatic carbocycles. The Bertz CT molecular complexity index is 443. The van der Waals surface area contributed by atoms with Crippen molar-refractivity contribution in [3.63, 3.8) is 0 Å². The van der Waals surface area contributed by atoms with Crippen LogP contribution in [0.4, 0.5) is 0 Å². The van der Waals surface area contributed by atoms with Crippen LogP contribution in [0.1, 0.15) is 10.6 Å². The SMILES string of the molecule is Cc1sc(-c2cn(C)cn2)nc1CN. The normalized spacial score (nSPS) is 10.8. The summed E-state index contributed by atoms with van der Waals surface area (Å²) in [5.74, 6) is 0. The molecular formula is C9H12N4S. The second-order valence-corrected chi connectivity index (χ2v) is 4.35. The predicted octanol–water partition coefficient (Wildman–Crippen LogP) is 1.31. The Balaban J connectivity index is 2.42. The zero-order valence-electron chi connectivity index (χ0n) is 8.19. The molecule has 0 aromatic carbocycles. The van der Waals surface area contributed by atoms with E-state index in [-0.39, 0.29) is 0 Å². The van der Waals surface area contributed by atoms with Crippen LogP contribution < -0.4 is 5.73 Å². The van der Waals surface area contributed by atoms with Crippen molar-refractivity contribution in [1.29, 1.82) is 0 Å². The lowest BCUT2D eigenvalue weighted by Crippen LogP contribution is -1.97. The zero-order chi connectivity index (χ0) is 10.1. The molecule has 2 heterocycles. The Morgan fingerprint density at radius 2 is 2.36 bits per heavy atom. The first kappa shape index (κ1) is 9.36. The third kappa shape index (κ3) is 1.56. The monoisotopic (exact) mass is 208 g/mol. The molecule has 2 N–H and O–H groups in total. The van der Waals surface area contributed by atoms with Crippen molar-refractivity contribution < 1.29 is 0 Å². The van der Waals surface area contributed by atoms with Crippen molar-refractivity contribution in [2.45, 2.75) is 13.5 Å². The number of nitrogens with two attached hydrogens (primary N) is 1. The molecule has 0 atom stereocenters. The zero-order valence-corrected chi connectivity index (χ0v) is 9.01. The molecule has 2 rings (SSSR count). The predicted molar refractivity (Wildman–Crippen MR) is 56.9 cm³/mol. The van der Waals surface area contributed by atoms with E-state index in [1.54, 1.807) is 17.7 Å². The average Bonchev–Trinajstić information content (AvgIpc) is 2.71. The highest BCUT2D eigenvalue weighted by Gasteiger charge is 2.09. The van der Waals surface area contributed by atoms with Gasteiger partial charge < -0.3 is 10.3 Å². The van der Waals surface area contributed by atoms with E-state index in [4.69, 9.17) is 5.73 Å². The quantitative estimate of drug-likeness (QED) is 0.809. The minimum absolute atomic E-state index is 0.495. The minimum Gasteiger partial charge on any atom is -0.340 e. The van der Waals surface area contributed by atoms with Crippen LogP contribution in [0.2, 0.25) is 0 Å². The fourth-order valence-electron chi connectivity index (χ4n) is 1.25. The molecule has 0 aliphatic rings. The molecule has 0 radical (unpaired) electrons. The fraction of sp³-hybridized carbons (Fsp3) is 0.333. The van der Waals surface area contributed by atoms with Crippen LogP contribution in [-0.4, -0.2) is 14.5 Å². The largest absolute Gasteiger partial charge is 0.340 e. The minimum atomic E-state index is 0.495. The molecule has 0 saturated heterocycles. The molecule has 0 spiro atoms. The van der Waals surface area contributed by atoms with Gasteiger partial charge in [-0.15, -0.1) is 11.3 Å². The third-order valence-electron chi connectivity index (χ3n) is 2.01. The molecule has 0 amide bonds. The van der Waals surface area contributed by atoms with Gasteiger partial charge in [-0.2, -0.15) is 0 Å². The first-order chi connectivity index (χ1) is 6.70. The van der Waals surface area contributed by atoms with Crippen molar-refractivity contribution >= 4 is 11.3 Å². The third-order valence-corrected chi connectivity index (χ3v) is 3.05. The second-order valence-electron chi connectivity index (χ2n) is 3.15. The summed E-state index contributed by atoms with van der Waals surface area (Å²) in [4.78, 5) is 9.85. The van der Waals surface area contributed by atoms with Gasteiger partial charge in [-0.05, 0) is 6.92 Å². The number of aromatic nitrogens is 3. The van der Waals surface area contributed by atoms with E-state index in [0.29, 0.717) is 6.54 Å². The molecule has 0 aliphatic heterocycles. The van der Waals surface area contributed by atoms with E-state index in [2.05, 4.69) is 9.97 Å². The van der Waals surface area contributed by atoms with Gasteiger partial charge in [0.25, 0.3) is 0 Å². The van der Waals surface area contributed by atoms with Gasteiger partial charge in [0.15, 0.2) is 0 Å². The van der Waals surface area contributed by atoms with E-state index in [0.717, 1.165) is 16.4 Å². The highest BCUT2D eigenvalue weighted by atomic mass is 32.1. The highest BCUT2D eigenvalue weighted by molar-refractivity contribution is 7.15. The van der Waals surface area contributed by atoms with E-state index >= 15 is 0 Å². The lowest BCUT2D eigenvalue weighted by molar-refractivity contribution is 0.913. The van der Waals surface area contributed by atoms with Gasteiger partial charge in [0.05, 0.1) is 12.0 Å². The fourth-order valence-corrected chi connectivity index (χ4v) is 2.15. The Morgan fingerprint density at radius 3 is 2.86 bits per heavy atom. The lowest BCUT2D eigenvalue weighted by Gasteiger charge is -1.87. The molecule has 0 saturated carbocycles. The van der Waals surface area contributed by atoms with E-state index in [1.807, 2.05) is 24.7 Å². The Labute approximate surface area is 86.4 Å². The lowest BCUT2D eigenvalue weighted by atomic mass is 10.4. The van der Waals surface area contributed by atoms with Crippen molar-refractivity contribution in [2.24, 2.45) is 12.8 Å². The maximum atomic E-state index is 5.57. The summed E-state index contributed by atoms with van der Waals surface area (Å²) < 4.78 is 1.91. The molecule has 4 nitrogen and oxygen atoms in total. The van der Waals surface area contributed by atoms with Crippen molar-refractivity contribution in [1.82, 2.24) is 14.5 Å². The van der Waals surface area contributed by atoms with Crippen LogP contribution >= 0.6 is 11.3 Å². The molecule has 14 heavy (non-hydrogen) atoms. The molecule has 2 aromatic heterocycles. The standard InChI is InChI=1S/C9H12N4S/c1-6-7(3-10)12-9(14-6)8-4-13(2)5-11-8/h4-5H,3,10H2,1-2H3. The Kier molecular flexibility index (Phi) is 2.35. The number of nitrogens with zero attached hydrogens (tertiary/aromatic N) is 3. The molecule has 74 valence electrons. The van der Waals surface area contributed by atoms with Gasteiger partial charge >= 0.3 is 0 Å². The van der Waals surface area contributed by atoms with Crippen molar-refractivity contribution in [2.75, 3.05) is 0 Å². The first-order valence-electron chi connectivity index (χ1n) is 4.35. The molecular weight excluding hydrogens is 196 g/mol. The molecule has 0 fully saturated rings. The summed E-state index contributed by atoms with van der Waals surface area (Å²) in [5.41, 5.74) is 7.45. The summed E-state index contributed by atoms with van der Waals surface area (Å²) in [6, 6.07) is 0. The highest BCUT2D eigenvalue weighted by Crippen LogP contribution is 2.25. The van der Waals surface area contributed by atoms with E-state index in [9.17, 15) is 0 Å². The van der Waals surface area contributed by atoms with Gasteiger partial charge in [0.2, 0.25) is 0 Å². The number of hydrogen-bond acceptors (Lipinski definition) is 4. The summed E-state index contributed by atoms with van der Waals surface area (Å²) >= 11 is 1.64. The topological polar surface area (TPSA) is 56.7 Å². The summed E-state index contributed by atoms with van der Waals surface area (Å²) in [5, 5.41) is 0.948. The summed E-state index contributed by atoms with van der Waals surface area (Å²) in [6.07, 6.45) is 3.73. The summed E-state index contributed by atoms with van der Waals surface area (Å²) in [7, 11) is 1.95. The smallest absolute Gasteiger partial charge is 0.144 e. The van der Waals surface area contributed by atoms with Gasteiger partial charge in [-0.1, -0.05) is 0 Å². The molecule has 5 heteroatoms. The number of thiazole rings is 1. The molecule has 0 unspecified atom stereocenters. The Morgan fingerprint density at radius 1 is 1.57 bits per heavy atom. The van der Waals surface area contributed by atoms with E-state index in [1.165, 1.54) is 4.88 Å². The van der Waals surface area contributed by atoms with E-state index < -0.39 is 0 Å². The van der Waals surface area contributed by atoms with Crippen LogP contribution in [0.5, 0.6) is 0 Å². The number of imidazole rings is 1. The maximum absolute atomic E-state index is 5.57. The molecule has 2 aromatic rings. The van der Waals surface area contributed by atoms with Crippen LogP contribution in [0.15, 0.2) is 12.5 Å². The molecule has 0 bridgehead atoms. The van der Waals surface area contributed by atoms with Gasteiger partial charge in [0, 0.05) is 24.7 Å². The van der Waals surface area contributed by atoms with Gasteiger partial charge in [-0.25, -0.2) is 9.97 Å². The van der Waals surface area contributed by atoms with Crippen molar-refractivity contribution in [3.8, 4) is 10.7 Å². The first-order valence-corrected chi connectivity index (χ1v) is 5.17. The van der Waals surface area contributed by atoms with Gasteiger partial charge in [0.1, 0.15) is 10.7 Å². The maximum Gasteiger partial charge on any atom is 0.144 e. The second kappa shape index (κ2) is 3.51. The van der Waals surface area contributed by atoms with Crippen LogP contribution in [-0.2, 0) is 13.6 Å². The van der Waals surface area contributed by atoms with Gasteiger partial charge in [-0.3, -0.25) is 0 Å². The number of aryl methyl sites for hydroxylation is 2. The van der Waals surface area contributed by atoms with Crippen LogP contribution in [0.3, 0.4) is 0 Å². The van der Waals surface area contributed by atoms with Crippen LogP contribution in [0.25, 0.3) is 10.7 Å². The van der Waals surface area contributed by atoms with Crippen LogP contribution in [0, 0.1) is 6.92 Å². The average molecular weight is 208 g/mol.